The fourth-order valence-electron chi connectivity index (χ4n) is 1.85. The van der Waals surface area contributed by atoms with Crippen molar-refractivity contribution in [2.45, 2.75) is 39.4 Å². The van der Waals surface area contributed by atoms with Crippen molar-refractivity contribution in [3.8, 4) is 0 Å². The zero-order valence-electron chi connectivity index (χ0n) is 11.9. The number of ether oxygens (including phenoxy) is 2. The van der Waals surface area contributed by atoms with E-state index in [1.54, 1.807) is 4.90 Å². The van der Waals surface area contributed by atoms with Crippen LogP contribution in [-0.4, -0.2) is 56.5 Å². The Hall–Kier alpha value is -0.810. The number of cyclic esters (lactones) is 1. The van der Waals surface area contributed by atoms with Gasteiger partial charge in [-0.25, -0.2) is 4.79 Å². The minimum atomic E-state index is -0.219. The maximum atomic E-state index is 11.6. The van der Waals surface area contributed by atoms with Gasteiger partial charge in [0, 0.05) is 13.1 Å². The first-order chi connectivity index (χ1) is 8.54. The molecular formula is C13H26N2O3. The van der Waals surface area contributed by atoms with Crippen LogP contribution in [0.4, 0.5) is 4.79 Å². The topological polar surface area (TPSA) is 50.8 Å². The lowest BCUT2D eigenvalue weighted by molar-refractivity contribution is -0.0416. The van der Waals surface area contributed by atoms with Crippen LogP contribution >= 0.6 is 0 Å². The van der Waals surface area contributed by atoms with Crippen molar-refractivity contribution in [3.05, 3.63) is 0 Å². The summed E-state index contributed by atoms with van der Waals surface area (Å²) in [5.41, 5.74) is 0. The average Bonchev–Trinajstić information content (AvgIpc) is 2.32. The van der Waals surface area contributed by atoms with Crippen LogP contribution < -0.4 is 5.32 Å². The van der Waals surface area contributed by atoms with Gasteiger partial charge in [0.25, 0.3) is 0 Å². The summed E-state index contributed by atoms with van der Waals surface area (Å²) in [5.74, 6) is 0.470. The lowest BCUT2D eigenvalue weighted by atomic mass is 10.1. The second-order valence-electron chi connectivity index (χ2n) is 5.18. The molecule has 2 atom stereocenters. The molecule has 1 N–H and O–H groups in total. The predicted molar refractivity (Wildman–Crippen MR) is 70.6 cm³/mol. The fraction of sp³-hybridized carbons (Fsp3) is 0.923. The molecule has 1 rings (SSSR count). The van der Waals surface area contributed by atoms with Crippen LogP contribution in [0.5, 0.6) is 0 Å². The minimum absolute atomic E-state index is 0.0121. The Morgan fingerprint density at radius 2 is 2.17 bits per heavy atom. The molecule has 0 aromatic carbocycles. The van der Waals surface area contributed by atoms with Crippen molar-refractivity contribution in [2.75, 3.05) is 33.3 Å². The van der Waals surface area contributed by atoms with Gasteiger partial charge in [-0.15, -0.1) is 0 Å². The van der Waals surface area contributed by atoms with Crippen LogP contribution in [0, 0.1) is 5.92 Å². The molecule has 18 heavy (non-hydrogen) atoms. The molecule has 0 radical (unpaired) electrons. The number of hydrogen-bond donors (Lipinski definition) is 1. The number of likely N-dealkylation sites (N-methyl/N-ethyl adjacent to an activating group) is 1. The van der Waals surface area contributed by atoms with Gasteiger partial charge in [-0.1, -0.05) is 13.8 Å². The first kappa shape index (κ1) is 15.2. The lowest BCUT2D eigenvalue weighted by Gasteiger charge is -2.32. The zero-order chi connectivity index (χ0) is 13.5. The van der Waals surface area contributed by atoms with E-state index in [4.69, 9.17) is 9.47 Å². The van der Waals surface area contributed by atoms with Crippen molar-refractivity contribution in [2.24, 2.45) is 5.92 Å². The monoisotopic (exact) mass is 258 g/mol. The Labute approximate surface area is 110 Å². The largest absolute Gasteiger partial charge is 0.449 e. The highest BCUT2D eigenvalue weighted by Gasteiger charge is 2.24. The number of nitrogens with zero attached hydrogens (tertiary/aromatic N) is 1. The summed E-state index contributed by atoms with van der Waals surface area (Å²) in [4.78, 5) is 13.3. The van der Waals surface area contributed by atoms with Crippen LogP contribution in [-0.2, 0) is 9.47 Å². The molecule has 1 aliphatic rings. The third kappa shape index (κ3) is 4.82. The second kappa shape index (κ2) is 7.59. The molecule has 1 heterocycles. The van der Waals surface area contributed by atoms with E-state index in [-0.39, 0.29) is 18.3 Å². The maximum absolute atomic E-state index is 11.6. The Balaban J connectivity index is 2.48. The normalized spacial score (nSPS) is 19.8. The number of carbonyl (C=O) groups is 1. The van der Waals surface area contributed by atoms with Gasteiger partial charge in [-0.05, 0) is 26.3 Å². The molecule has 106 valence electrons. The third-order valence-corrected chi connectivity index (χ3v) is 3.26. The van der Waals surface area contributed by atoms with Gasteiger partial charge in [0.05, 0.1) is 25.4 Å². The summed E-state index contributed by atoms with van der Waals surface area (Å²) in [6.07, 6.45) is 0.878. The minimum Gasteiger partial charge on any atom is -0.449 e. The highest BCUT2D eigenvalue weighted by atomic mass is 16.6. The van der Waals surface area contributed by atoms with Gasteiger partial charge >= 0.3 is 6.09 Å². The Morgan fingerprint density at radius 3 is 2.72 bits per heavy atom. The van der Waals surface area contributed by atoms with Gasteiger partial charge in [0.15, 0.2) is 0 Å². The SMILES string of the molecule is CNC[C@@H](CN1CCCOC1=O)O[C@@H](C)C(C)C. The second-order valence-corrected chi connectivity index (χ2v) is 5.18. The van der Waals surface area contributed by atoms with E-state index in [9.17, 15) is 4.79 Å². The van der Waals surface area contributed by atoms with Crippen LogP contribution in [0.3, 0.4) is 0 Å². The number of nitrogens with one attached hydrogen (secondary N) is 1. The van der Waals surface area contributed by atoms with Crippen LogP contribution in [0.1, 0.15) is 27.2 Å². The van der Waals surface area contributed by atoms with Crippen LogP contribution in [0.25, 0.3) is 0 Å². The van der Waals surface area contributed by atoms with Gasteiger partial charge in [-0.3, -0.25) is 0 Å². The van der Waals surface area contributed by atoms with E-state index in [1.807, 2.05) is 7.05 Å². The van der Waals surface area contributed by atoms with E-state index in [0.29, 0.717) is 19.1 Å². The van der Waals surface area contributed by atoms with Gasteiger partial charge < -0.3 is 19.7 Å². The molecule has 5 heteroatoms. The molecule has 0 aromatic heterocycles. The van der Waals surface area contributed by atoms with Crippen LogP contribution in [0.2, 0.25) is 0 Å². The summed E-state index contributed by atoms with van der Waals surface area (Å²) in [6.45, 7) is 8.97. The van der Waals surface area contributed by atoms with Crippen molar-refractivity contribution in [3.63, 3.8) is 0 Å². The number of carbonyl (C=O) groups excluding carboxylic acids is 1. The fourth-order valence-corrected chi connectivity index (χ4v) is 1.85. The first-order valence-electron chi connectivity index (χ1n) is 6.76. The maximum Gasteiger partial charge on any atom is 0.409 e. The van der Waals surface area contributed by atoms with Crippen molar-refractivity contribution in [1.29, 1.82) is 0 Å². The molecular weight excluding hydrogens is 232 g/mol. The first-order valence-corrected chi connectivity index (χ1v) is 6.76. The van der Waals surface area contributed by atoms with E-state index >= 15 is 0 Å². The highest BCUT2D eigenvalue weighted by molar-refractivity contribution is 5.68. The summed E-state index contributed by atoms with van der Waals surface area (Å²) in [5, 5.41) is 3.11. The van der Waals surface area contributed by atoms with E-state index in [2.05, 4.69) is 26.1 Å². The lowest BCUT2D eigenvalue weighted by Crippen LogP contribution is -2.46. The summed E-state index contributed by atoms with van der Waals surface area (Å²) in [7, 11) is 1.89. The molecule has 0 aliphatic carbocycles. The van der Waals surface area contributed by atoms with Crippen LogP contribution in [0.15, 0.2) is 0 Å². The molecule has 0 spiro atoms. The van der Waals surface area contributed by atoms with Crippen molar-refractivity contribution in [1.82, 2.24) is 10.2 Å². The molecule has 5 nitrogen and oxygen atoms in total. The molecule has 0 aromatic rings. The summed E-state index contributed by atoms with van der Waals surface area (Å²) in [6, 6.07) is 0. The quantitative estimate of drug-likeness (QED) is 0.751. The van der Waals surface area contributed by atoms with E-state index in [1.165, 1.54) is 0 Å². The highest BCUT2D eigenvalue weighted by Crippen LogP contribution is 2.12. The smallest absolute Gasteiger partial charge is 0.409 e. The Bertz CT molecular complexity index is 259. The molecule has 0 bridgehead atoms. The van der Waals surface area contributed by atoms with Gasteiger partial charge in [0.2, 0.25) is 0 Å². The number of amides is 1. The van der Waals surface area contributed by atoms with Gasteiger partial charge in [0.1, 0.15) is 0 Å². The summed E-state index contributed by atoms with van der Waals surface area (Å²) >= 11 is 0. The van der Waals surface area contributed by atoms with E-state index < -0.39 is 0 Å². The predicted octanol–water partition coefficient (Wildman–Crippen LogP) is 1.48. The zero-order valence-corrected chi connectivity index (χ0v) is 11.9. The molecule has 0 saturated carbocycles. The average molecular weight is 258 g/mol. The van der Waals surface area contributed by atoms with Crippen molar-refractivity contribution >= 4 is 6.09 Å². The third-order valence-electron chi connectivity index (χ3n) is 3.26. The standard InChI is InChI=1S/C13H26N2O3/c1-10(2)11(3)18-12(8-14-4)9-15-6-5-7-17-13(15)16/h10-12,14H,5-9H2,1-4H3/t11-,12-/m0/s1. The molecule has 1 fully saturated rings. The van der Waals surface area contributed by atoms with Gasteiger partial charge in [-0.2, -0.15) is 0 Å². The molecule has 1 amide bonds. The van der Waals surface area contributed by atoms with E-state index in [0.717, 1.165) is 19.5 Å². The Kier molecular flexibility index (Phi) is 6.43. The summed E-state index contributed by atoms with van der Waals surface area (Å²) < 4.78 is 11.0. The number of rotatable bonds is 7. The molecule has 1 aliphatic heterocycles. The molecule has 1 saturated heterocycles. The molecule has 0 unspecified atom stereocenters. The Morgan fingerprint density at radius 1 is 1.44 bits per heavy atom. The number of hydrogen-bond acceptors (Lipinski definition) is 4. The van der Waals surface area contributed by atoms with Crippen molar-refractivity contribution < 1.29 is 14.3 Å².